The van der Waals surface area contributed by atoms with Gasteiger partial charge in [-0.15, -0.1) is 0 Å². The van der Waals surface area contributed by atoms with Crippen LogP contribution < -0.4 is 10.2 Å². The molecule has 3 atom stereocenters. The van der Waals surface area contributed by atoms with E-state index in [2.05, 4.69) is 77.6 Å². The molecule has 2 saturated heterocycles. The van der Waals surface area contributed by atoms with Crippen LogP contribution in [-0.2, 0) is 30.1 Å². The summed E-state index contributed by atoms with van der Waals surface area (Å²) in [7, 11) is 4.15. The predicted molar refractivity (Wildman–Crippen MR) is 186 cm³/mol. The molecule has 2 N–H and O–H groups in total. The van der Waals surface area contributed by atoms with Crippen LogP contribution in [0.2, 0.25) is 0 Å². The SMILES string of the molecule is CC[C@H](C1CCC(C(=O)O)CC1)N(C)c1nc2c(c(N[C@@H](CN3C4CCC3CC4)c3cnn(C)c3)n1)C[C@](C)(c1ccccc1)CC2. The maximum Gasteiger partial charge on any atom is 0.306 e. The number of rotatable bonds is 11. The Morgan fingerprint density at radius 1 is 1.06 bits per heavy atom. The number of carboxylic acid groups (broad SMARTS) is 1. The number of nitrogens with one attached hydrogen (secondary N) is 1. The number of carboxylic acids is 1. The number of nitrogens with zero attached hydrogens (tertiary/aromatic N) is 6. The van der Waals surface area contributed by atoms with E-state index in [9.17, 15) is 9.90 Å². The van der Waals surface area contributed by atoms with E-state index in [1.807, 2.05) is 17.9 Å². The summed E-state index contributed by atoms with van der Waals surface area (Å²) < 4.78 is 1.91. The Hall–Kier alpha value is -3.46. The van der Waals surface area contributed by atoms with Crippen LogP contribution in [0.25, 0.3) is 0 Å². The minimum atomic E-state index is -0.647. The summed E-state index contributed by atoms with van der Waals surface area (Å²) in [5.74, 6) is 1.33. The van der Waals surface area contributed by atoms with Gasteiger partial charge in [0.05, 0.1) is 23.9 Å². The average molecular weight is 640 g/mol. The van der Waals surface area contributed by atoms with Gasteiger partial charge in [-0.25, -0.2) is 4.98 Å². The number of aromatic nitrogens is 4. The lowest BCUT2D eigenvalue weighted by Gasteiger charge is -2.39. The second-order valence-electron chi connectivity index (χ2n) is 15.2. The van der Waals surface area contributed by atoms with Gasteiger partial charge in [-0.05, 0) is 93.9 Å². The van der Waals surface area contributed by atoms with Crippen LogP contribution in [-0.4, -0.2) is 67.4 Å². The number of fused-ring (bicyclic) bond motifs is 3. The van der Waals surface area contributed by atoms with Gasteiger partial charge in [0.1, 0.15) is 5.82 Å². The second-order valence-corrected chi connectivity index (χ2v) is 15.2. The number of hydrogen-bond acceptors (Lipinski definition) is 7. The summed E-state index contributed by atoms with van der Waals surface area (Å²) in [5, 5.41) is 18.2. The molecule has 47 heavy (non-hydrogen) atoms. The van der Waals surface area contributed by atoms with Crippen LogP contribution in [0.5, 0.6) is 0 Å². The maximum atomic E-state index is 11.7. The fourth-order valence-electron chi connectivity index (χ4n) is 9.52. The monoisotopic (exact) mass is 639 g/mol. The van der Waals surface area contributed by atoms with Gasteiger partial charge < -0.3 is 15.3 Å². The molecule has 2 bridgehead atoms. The summed E-state index contributed by atoms with van der Waals surface area (Å²) >= 11 is 0. The lowest BCUT2D eigenvalue weighted by molar-refractivity contribution is -0.143. The van der Waals surface area contributed by atoms with Crippen LogP contribution >= 0.6 is 0 Å². The highest BCUT2D eigenvalue weighted by atomic mass is 16.4. The number of aliphatic carboxylic acids is 1. The number of anilines is 2. The average Bonchev–Trinajstić information content (AvgIpc) is 3.81. The van der Waals surface area contributed by atoms with Gasteiger partial charge in [0.15, 0.2) is 0 Å². The fraction of sp³-hybridized carbons (Fsp3) is 0.632. The fourth-order valence-corrected chi connectivity index (χ4v) is 9.52. The van der Waals surface area contributed by atoms with Gasteiger partial charge in [-0.3, -0.25) is 14.4 Å². The van der Waals surface area contributed by atoms with Crippen LogP contribution in [0.1, 0.15) is 106 Å². The molecule has 1 saturated carbocycles. The molecule has 9 heteroatoms. The van der Waals surface area contributed by atoms with Crippen LogP contribution in [0, 0.1) is 11.8 Å². The van der Waals surface area contributed by atoms with Crippen molar-refractivity contribution in [3.8, 4) is 0 Å². The Balaban J connectivity index is 1.24. The predicted octanol–water partition coefficient (Wildman–Crippen LogP) is 6.54. The highest BCUT2D eigenvalue weighted by Crippen LogP contribution is 2.43. The summed E-state index contributed by atoms with van der Waals surface area (Å²) in [6, 6.07) is 12.7. The van der Waals surface area contributed by atoms with Crippen molar-refractivity contribution in [3.63, 3.8) is 0 Å². The van der Waals surface area contributed by atoms with Crippen LogP contribution in [0.15, 0.2) is 42.7 Å². The maximum absolute atomic E-state index is 11.7. The zero-order valence-corrected chi connectivity index (χ0v) is 28.7. The third kappa shape index (κ3) is 6.40. The number of benzene rings is 1. The molecule has 2 aliphatic carbocycles. The number of aryl methyl sites for hydroxylation is 2. The van der Waals surface area contributed by atoms with E-state index >= 15 is 0 Å². The summed E-state index contributed by atoms with van der Waals surface area (Å²) in [5.41, 5.74) is 4.98. The first-order valence-corrected chi connectivity index (χ1v) is 18.1. The molecule has 3 aromatic rings. The van der Waals surface area contributed by atoms with Crippen molar-refractivity contribution in [2.75, 3.05) is 23.8 Å². The first-order valence-electron chi connectivity index (χ1n) is 18.1. The zero-order valence-electron chi connectivity index (χ0n) is 28.7. The van der Waals surface area contributed by atoms with Gasteiger partial charge in [-0.1, -0.05) is 44.2 Å². The quantitative estimate of drug-likeness (QED) is 0.244. The normalized spacial score (nSPS) is 28.5. The highest BCUT2D eigenvalue weighted by Gasteiger charge is 2.41. The smallest absolute Gasteiger partial charge is 0.306 e. The Bertz CT molecular complexity index is 1530. The van der Waals surface area contributed by atoms with E-state index in [1.165, 1.54) is 42.4 Å². The van der Waals surface area contributed by atoms with Crippen molar-refractivity contribution in [1.82, 2.24) is 24.6 Å². The molecule has 1 aromatic carbocycles. The number of carbonyl (C=O) groups is 1. The third-order valence-electron chi connectivity index (χ3n) is 12.4. The Morgan fingerprint density at radius 2 is 1.77 bits per heavy atom. The van der Waals surface area contributed by atoms with E-state index in [0.29, 0.717) is 18.0 Å². The van der Waals surface area contributed by atoms with E-state index in [4.69, 9.17) is 9.97 Å². The number of hydrogen-bond donors (Lipinski definition) is 2. The lowest BCUT2D eigenvalue weighted by Crippen LogP contribution is -2.41. The molecule has 252 valence electrons. The molecular formula is C38H53N7O2. The molecule has 0 amide bonds. The van der Waals surface area contributed by atoms with Crippen molar-refractivity contribution in [2.45, 2.75) is 120 Å². The largest absolute Gasteiger partial charge is 0.481 e. The first kappa shape index (κ1) is 32.1. The highest BCUT2D eigenvalue weighted by molar-refractivity contribution is 5.70. The molecule has 0 unspecified atom stereocenters. The molecular weight excluding hydrogens is 586 g/mol. The minimum absolute atomic E-state index is 0.00800. The molecule has 2 aromatic heterocycles. The third-order valence-corrected chi connectivity index (χ3v) is 12.4. The summed E-state index contributed by atoms with van der Waals surface area (Å²) in [6.45, 7) is 5.59. The van der Waals surface area contributed by atoms with Gasteiger partial charge in [-0.2, -0.15) is 10.1 Å². The topological polar surface area (TPSA) is 99.4 Å². The van der Waals surface area contributed by atoms with E-state index < -0.39 is 5.97 Å². The Morgan fingerprint density at radius 3 is 2.38 bits per heavy atom. The summed E-state index contributed by atoms with van der Waals surface area (Å²) in [6.07, 6.45) is 16.6. The zero-order chi connectivity index (χ0) is 32.7. The summed E-state index contributed by atoms with van der Waals surface area (Å²) in [4.78, 5) is 27.4. The molecule has 9 nitrogen and oxygen atoms in total. The second kappa shape index (κ2) is 13.2. The van der Waals surface area contributed by atoms with Crippen molar-refractivity contribution in [3.05, 3.63) is 65.1 Å². The van der Waals surface area contributed by atoms with Gasteiger partial charge in [0.2, 0.25) is 5.95 Å². The van der Waals surface area contributed by atoms with Crippen molar-refractivity contribution >= 4 is 17.7 Å². The molecule has 0 radical (unpaired) electrons. The van der Waals surface area contributed by atoms with E-state index in [-0.39, 0.29) is 23.4 Å². The van der Waals surface area contributed by atoms with Gasteiger partial charge in [0.25, 0.3) is 0 Å². The van der Waals surface area contributed by atoms with Crippen LogP contribution in [0.3, 0.4) is 0 Å². The minimum Gasteiger partial charge on any atom is -0.481 e. The molecule has 4 aliphatic rings. The molecule has 2 aliphatic heterocycles. The molecule has 3 fully saturated rings. The van der Waals surface area contributed by atoms with Crippen molar-refractivity contribution in [1.29, 1.82) is 0 Å². The Labute approximate surface area is 280 Å². The molecule has 7 rings (SSSR count). The van der Waals surface area contributed by atoms with Crippen molar-refractivity contribution in [2.24, 2.45) is 18.9 Å². The lowest BCUT2D eigenvalue weighted by atomic mass is 9.70. The van der Waals surface area contributed by atoms with Crippen molar-refractivity contribution < 1.29 is 9.90 Å². The van der Waals surface area contributed by atoms with Gasteiger partial charge >= 0.3 is 5.97 Å². The van der Waals surface area contributed by atoms with Gasteiger partial charge in [0, 0.05) is 56.1 Å². The standard InChI is InChI=1S/C38H53N7O2/c1-5-34(25-11-13-26(14-12-25)36(46)47)44(4)37-41-32-19-20-38(2,28-9-7-6-8-10-28)21-31(32)35(42-37)40-33(27-22-39-43(3)23-27)24-45-29-15-16-30(45)18-17-29/h6-10,22-23,25-26,29-30,33-34H,5,11-21,24H2,1-4H3,(H,46,47)(H,40,41,42)/t25?,26?,29?,30?,33-,34+,38+/m0/s1. The Kier molecular flexibility index (Phi) is 9.02. The molecule has 0 spiro atoms. The van der Waals surface area contributed by atoms with Crippen LogP contribution in [0.4, 0.5) is 11.8 Å². The van der Waals surface area contributed by atoms with E-state index in [0.717, 1.165) is 75.4 Å². The van der Waals surface area contributed by atoms with E-state index in [1.54, 1.807) is 0 Å². The first-order chi connectivity index (χ1) is 22.7. The molecule has 4 heterocycles.